The van der Waals surface area contributed by atoms with Crippen LogP contribution < -0.4 is 9.64 Å². The number of benzene rings is 1. The third kappa shape index (κ3) is 3.11. The number of thiophene rings is 1. The van der Waals surface area contributed by atoms with Crippen LogP contribution in [-0.4, -0.2) is 34.7 Å². The lowest BCUT2D eigenvalue weighted by molar-refractivity contribution is 0.0231. The van der Waals surface area contributed by atoms with Crippen molar-refractivity contribution in [3.8, 4) is 15.6 Å². The number of carbonyl (C=O) groups excluding carboxylic acids is 1. The van der Waals surface area contributed by atoms with E-state index in [9.17, 15) is 4.79 Å². The van der Waals surface area contributed by atoms with Gasteiger partial charge in [0.25, 0.3) is 0 Å². The first-order chi connectivity index (χ1) is 13.5. The van der Waals surface area contributed by atoms with Gasteiger partial charge in [-0.05, 0) is 36.1 Å². The number of hydrogen-bond acceptors (Lipinski definition) is 7. The van der Waals surface area contributed by atoms with Crippen molar-refractivity contribution in [3.63, 3.8) is 0 Å². The third-order valence-corrected chi connectivity index (χ3v) is 7.89. The number of ether oxygens (including phenoxy) is 1. The van der Waals surface area contributed by atoms with Crippen LogP contribution in [0.25, 0.3) is 9.88 Å². The van der Waals surface area contributed by atoms with Crippen molar-refractivity contribution in [2.24, 2.45) is 0 Å². The molecule has 0 N–H and O–H groups in total. The molecule has 1 fully saturated rings. The number of carbonyl (C=O) groups is 1. The summed E-state index contributed by atoms with van der Waals surface area (Å²) in [6.07, 6.45) is 1.98. The molecule has 0 saturated carbocycles. The van der Waals surface area contributed by atoms with Crippen molar-refractivity contribution in [2.75, 3.05) is 18.0 Å². The standard InChI is InChI=1S/C20H18ClN3O2S2/c1-12-9-16-13(10-14(12)21)15(25)11-20(26-16)4-6-24(7-5-20)19-23-22-18(28-19)17-3-2-8-27-17/h2-3,8-10H,4-7,11H2,1H3. The molecular formula is C20H18ClN3O2S2. The van der Waals surface area contributed by atoms with Gasteiger partial charge in [0.2, 0.25) is 5.13 Å². The first-order valence-corrected chi connectivity index (χ1v) is 11.3. The highest BCUT2D eigenvalue weighted by Gasteiger charge is 2.43. The van der Waals surface area contributed by atoms with E-state index < -0.39 is 5.60 Å². The summed E-state index contributed by atoms with van der Waals surface area (Å²) in [5.74, 6) is 0.787. The number of Topliss-reactive ketones (excluding diaryl/α,β-unsaturated/α-hetero) is 1. The fourth-order valence-electron chi connectivity index (χ4n) is 3.84. The number of nitrogens with zero attached hydrogens (tertiary/aromatic N) is 3. The lowest BCUT2D eigenvalue weighted by Crippen LogP contribution is -2.51. The van der Waals surface area contributed by atoms with Crippen molar-refractivity contribution < 1.29 is 9.53 Å². The Balaban J connectivity index is 1.33. The fraction of sp³-hybridized carbons (Fsp3) is 0.350. The number of hydrogen-bond donors (Lipinski definition) is 0. The van der Waals surface area contributed by atoms with Crippen molar-refractivity contribution >= 4 is 45.2 Å². The molecule has 3 aromatic rings. The first kappa shape index (κ1) is 18.1. The number of fused-ring (bicyclic) bond motifs is 1. The molecule has 4 heterocycles. The van der Waals surface area contributed by atoms with Gasteiger partial charge >= 0.3 is 0 Å². The van der Waals surface area contributed by atoms with E-state index in [1.807, 2.05) is 24.4 Å². The summed E-state index contributed by atoms with van der Waals surface area (Å²) in [4.78, 5) is 16.1. The molecule has 0 unspecified atom stereocenters. The van der Waals surface area contributed by atoms with Crippen molar-refractivity contribution in [1.29, 1.82) is 0 Å². The molecule has 0 atom stereocenters. The van der Waals surface area contributed by atoms with Gasteiger partial charge in [-0.1, -0.05) is 29.0 Å². The number of aromatic nitrogens is 2. The van der Waals surface area contributed by atoms with Crippen molar-refractivity contribution in [3.05, 3.63) is 45.8 Å². The van der Waals surface area contributed by atoms with Gasteiger partial charge in [0.1, 0.15) is 11.4 Å². The van der Waals surface area contributed by atoms with Gasteiger partial charge < -0.3 is 9.64 Å². The van der Waals surface area contributed by atoms with Gasteiger partial charge in [-0.3, -0.25) is 4.79 Å². The number of aryl methyl sites for hydroxylation is 1. The largest absolute Gasteiger partial charge is 0.486 e. The summed E-state index contributed by atoms with van der Waals surface area (Å²) < 4.78 is 6.38. The van der Waals surface area contributed by atoms with Crippen LogP contribution in [0.5, 0.6) is 5.75 Å². The number of rotatable bonds is 2. The Kier molecular flexibility index (Phi) is 4.41. The maximum absolute atomic E-state index is 12.7. The van der Waals surface area contributed by atoms with Crippen LogP contribution >= 0.6 is 34.3 Å². The number of anilines is 1. The quantitative estimate of drug-likeness (QED) is 0.555. The summed E-state index contributed by atoms with van der Waals surface area (Å²) in [5.41, 5.74) is 1.10. The lowest BCUT2D eigenvalue weighted by Gasteiger charge is -2.43. The van der Waals surface area contributed by atoms with Gasteiger partial charge in [0.15, 0.2) is 10.8 Å². The maximum Gasteiger partial charge on any atom is 0.208 e. The van der Waals surface area contributed by atoms with E-state index >= 15 is 0 Å². The average molecular weight is 432 g/mol. The van der Waals surface area contributed by atoms with Gasteiger partial charge in [-0.15, -0.1) is 21.5 Å². The summed E-state index contributed by atoms with van der Waals surface area (Å²) >= 11 is 9.48. The smallest absolute Gasteiger partial charge is 0.208 e. The first-order valence-electron chi connectivity index (χ1n) is 9.18. The number of ketones is 1. The SMILES string of the molecule is Cc1cc2c(cc1Cl)C(=O)CC1(CCN(c3nnc(-c4cccs4)s3)CC1)O2. The second kappa shape index (κ2) is 6.83. The molecule has 0 radical (unpaired) electrons. The minimum absolute atomic E-state index is 0.118. The molecule has 8 heteroatoms. The fourth-order valence-corrected chi connectivity index (χ4v) is 5.69. The van der Waals surface area contributed by atoms with Gasteiger partial charge in [0.05, 0.1) is 16.9 Å². The predicted octanol–water partition coefficient (Wildman–Crippen LogP) is 5.23. The normalized spacial score (nSPS) is 18.2. The number of piperidine rings is 1. The Labute approximate surface area is 175 Å². The Morgan fingerprint density at radius 1 is 1.25 bits per heavy atom. The second-order valence-electron chi connectivity index (χ2n) is 7.34. The molecule has 5 rings (SSSR count). The van der Waals surface area contributed by atoms with Crippen LogP contribution in [0.3, 0.4) is 0 Å². The Morgan fingerprint density at radius 2 is 2.07 bits per heavy atom. The van der Waals surface area contributed by atoms with Crippen molar-refractivity contribution in [2.45, 2.75) is 31.8 Å². The van der Waals surface area contributed by atoms with Gasteiger partial charge in [-0.25, -0.2) is 0 Å². The summed E-state index contributed by atoms with van der Waals surface area (Å²) in [6.45, 7) is 3.53. The molecule has 2 aromatic heterocycles. The maximum atomic E-state index is 12.7. The monoisotopic (exact) mass is 431 g/mol. The van der Waals surface area contributed by atoms with Crippen LogP contribution in [0.1, 0.15) is 35.2 Å². The van der Waals surface area contributed by atoms with Gasteiger partial charge in [0, 0.05) is 31.0 Å². The minimum atomic E-state index is -0.428. The van der Waals surface area contributed by atoms with Crippen LogP contribution in [-0.2, 0) is 0 Å². The van der Waals surface area contributed by atoms with Gasteiger partial charge in [-0.2, -0.15) is 0 Å². The Bertz CT molecular complexity index is 1040. The van der Waals surface area contributed by atoms with E-state index in [0.717, 1.165) is 46.5 Å². The third-order valence-electron chi connectivity index (χ3n) is 5.46. The number of halogens is 1. The summed E-state index contributed by atoms with van der Waals surface area (Å²) in [5, 5.41) is 13.3. The van der Waals surface area contributed by atoms with Crippen LogP contribution in [0.2, 0.25) is 5.02 Å². The zero-order valence-corrected chi connectivity index (χ0v) is 17.7. The molecule has 1 saturated heterocycles. The molecule has 0 amide bonds. The van der Waals surface area contributed by atoms with Crippen LogP contribution in [0.15, 0.2) is 29.6 Å². The Morgan fingerprint density at radius 3 is 2.82 bits per heavy atom. The van der Waals surface area contributed by atoms with E-state index in [4.69, 9.17) is 16.3 Å². The van der Waals surface area contributed by atoms with E-state index in [-0.39, 0.29) is 5.78 Å². The average Bonchev–Trinajstić information content (AvgIpc) is 3.36. The zero-order valence-electron chi connectivity index (χ0n) is 15.3. The van der Waals surface area contributed by atoms with E-state index in [1.54, 1.807) is 28.7 Å². The predicted molar refractivity (Wildman–Crippen MR) is 113 cm³/mol. The molecule has 2 aliphatic heterocycles. The molecule has 2 aliphatic rings. The van der Waals surface area contributed by atoms with E-state index in [2.05, 4.69) is 21.2 Å². The summed E-state index contributed by atoms with van der Waals surface area (Å²) in [6, 6.07) is 7.72. The molecule has 1 aromatic carbocycles. The summed E-state index contributed by atoms with van der Waals surface area (Å²) in [7, 11) is 0. The topological polar surface area (TPSA) is 55.3 Å². The highest BCUT2D eigenvalue weighted by atomic mass is 35.5. The minimum Gasteiger partial charge on any atom is -0.486 e. The highest BCUT2D eigenvalue weighted by Crippen LogP contribution is 2.42. The van der Waals surface area contributed by atoms with E-state index in [1.165, 1.54) is 0 Å². The molecule has 28 heavy (non-hydrogen) atoms. The molecule has 144 valence electrons. The lowest BCUT2D eigenvalue weighted by atomic mass is 9.82. The molecule has 0 aliphatic carbocycles. The van der Waals surface area contributed by atoms with Crippen LogP contribution in [0, 0.1) is 6.92 Å². The molecular weight excluding hydrogens is 414 g/mol. The molecule has 1 spiro atoms. The zero-order chi connectivity index (χ0) is 19.3. The second-order valence-corrected chi connectivity index (χ2v) is 9.65. The Hall–Kier alpha value is -1.96. The van der Waals surface area contributed by atoms with Crippen LogP contribution in [0.4, 0.5) is 5.13 Å². The molecule has 0 bridgehead atoms. The van der Waals surface area contributed by atoms with Crippen molar-refractivity contribution in [1.82, 2.24) is 10.2 Å². The highest BCUT2D eigenvalue weighted by molar-refractivity contribution is 7.22. The van der Waals surface area contributed by atoms with E-state index in [0.29, 0.717) is 22.8 Å². The molecule has 5 nitrogen and oxygen atoms in total.